The van der Waals surface area contributed by atoms with Crippen molar-refractivity contribution in [1.29, 1.82) is 5.26 Å². The quantitative estimate of drug-likeness (QED) is 0.534. The molecular formula is C9H7FN2O2. The zero-order chi connectivity index (χ0) is 10.7. The van der Waals surface area contributed by atoms with Gasteiger partial charge in [-0.05, 0) is 18.6 Å². The predicted molar refractivity (Wildman–Crippen MR) is 47.1 cm³/mol. The van der Waals surface area contributed by atoms with Crippen LogP contribution in [0.4, 0.5) is 10.1 Å². The molecule has 14 heavy (non-hydrogen) atoms. The average molecular weight is 194 g/mol. The first kappa shape index (κ1) is 10.1. The number of rotatable bonds is 2. The summed E-state index contributed by atoms with van der Waals surface area (Å²) in [5.41, 5.74) is 0.0363. The van der Waals surface area contributed by atoms with Crippen molar-refractivity contribution in [3.05, 3.63) is 39.2 Å². The van der Waals surface area contributed by atoms with Crippen molar-refractivity contribution in [3.8, 4) is 6.07 Å². The smallest absolute Gasteiger partial charge is 0.258 e. The molecular weight excluding hydrogens is 187 g/mol. The van der Waals surface area contributed by atoms with Crippen LogP contribution in [0.15, 0.2) is 12.1 Å². The molecule has 0 aliphatic heterocycles. The Bertz CT molecular complexity index is 424. The van der Waals surface area contributed by atoms with Crippen LogP contribution in [0.25, 0.3) is 0 Å². The molecule has 72 valence electrons. The van der Waals surface area contributed by atoms with Crippen LogP contribution in [0.1, 0.15) is 11.1 Å². The molecule has 0 amide bonds. The van der Waals surface area contributed by atoms with Crippen molar-refractivity contribution in [2.45, 2.75) is 13.3 Å². The standard InChI is InChI=1S/C9H7FN2O2/c1-6-8(10)4-7(2-3-11)5-9(6)12(13)14/h4-5H,2H2,1H3. The van der Waals surface area contributed by atoms with E-state index in [-0.39, 0.29) is 17.7 Å². The van der Waals surface area contributed by atoms with Crippen molar-refractivity contribution in [3.63, 3.8) is 0 Å². The molecule has 0 atom stereocenters. The minimum absolute atomic E-state index is 0.00307. The highest BCUT2D eigenvalue weighted by Crippen LogP contribution is 2.22. The van der Waals surface area contributed by atoms with E-state index >= 15 is 0 Å². The monoisotopic (exact) mass is 194 g/mol. The van der Waals surface area contributed by atoms with E-state index in [0.717, 1.165) is 6.07 Å². The summed E-state index contributed by atoms with van der Waals surface area (Å²) in [6, 6.07) is 4.18. The molecule has 0 saturated carbocycles. The number of benzene rings is 1. The van der Waals surface area contributed by atoms with Crippen molar-refractivity contribution in [1.82, 2.24) is 0 Å². The topological polar surface area (TPSA) is 66.9 Å². The first-order chi connectivity index (χ1) is 6.56. The van der Waals surface area contributed by atoms with Gasteiger partial charge in [0.2, 0.25) is 0 Å². The fraction of sp³-hybridized carbons (Fsp3) is 0.222. The largest absolute Gasteiger partial charge is 0.275 e. The molecule has 1 aromatic carbocycles. The van der Waals surface area contributed by atoms with Gasteiger partial charge in [0.05, 0.1) is 23.0 Å². The zero-order valence-corrected chi connectivity index (χ0v) is 7.45. The summed E-state index contributed by atoms with van der Waals surface area (Å²) in [4.78, 5) is 9.83. The highest BCUT2D eigenvalue weighted by Gasteiger charge is 2.15. The van der Waals surface area contributed by atoms with Gasteiger partial charge in [0.1, 0.15) is 5.82 Å². The second kappa shape index (κ2) is 3.83. The molecule has 4 nitrogen and oxygen atoms in total. The van der Waals surface area contributed by atoms with Crippen LogP contribution in [0.2, 0.25) is 0 Å². The third kappa shape index (κ3) is 1.85. The highest BCUT2D eigenvalue weighted by atomic mass is 19.1. The second-order valence-electron chi connectivity index (χ2n) is 2.81. The lowest BCUT2D eigenvalue weighted by molar-refractivity contribution is -0.385. The van der Waals surface area contributed by atoms with Crippen LogP contribution >= 0.6 is 0 Å². The van der Waals surface area contributed by atoms with E-state index in [0.29, 0.717) is 5.56 Å². The molecule has 1 aromatic rings. The van der Waals surface area contributed by atoms with Crippen LogP contribution in [-0.4, -0.2) is 4.92 Å². The Hall–Kier alpha value is -1.96. The molecule has 0 bridgehead atoms. The number of halogens is 1. The molecule has 0 saturated heterocycles. The van der Waals surface area contributed by atoms with Gasteiger partial charge in [0.15, 0.2) is 0 Å². The molecule has 0 aliphatic rings. The molecule has 0 unspecified atom stereocenters. The molecule has 0 N–H and O–H groups in total. The summed E-state index contributed by atoms with van der Waals surface area (Å²) in [6.07, 6.45) is -0.0297. The molecule has 0 spiro atoms. The molecule has 0 fully saturated rings. The Morgan fingerprint density at radius 1 is 1.64 bits per heavy atom. The molecule has 0 aliphatic carbocycles. The lowest BCUT2D eigenvalue weighted by atomic mass is 10.1. The number of nitro benzene ring substituents is 1. The second-order valence-corrected chi connectivity index (χ2v) is 2.81. The summed E-state index contributed by atoms with van der Waals surface area (Å²) in [5.74, 6) is -0.649. The molecule has 0 heterocycles. The van der Waals surface area contributed by atoms with E-state index in [1.54, 1.807) is 0 Å². The Morgan fingerprint density at radius 3 is 2.79 bits per heavy atom. The fourth-order valence-electron chi connectivity index (χ4n) is 1.10. The van der Waals surface area contributed by atoms with Gasteiger partial charge in [-0.1, -0.05) is 0 Å². The lowest BCUT2D eigenvalue weighted by Gasteiger charge is -2.01. The normalized spacial score (nSPS) is 9.50. The summed E-state index contributed by atoms with van der Waals surface area (Å²) in [5, 5.41) is 18.9. The van der Waals surface area contributed by atoms with E-state index in [1.165, 1.54) is 13.0 Å². The number of nitro groups is 1. The molecule has 0 aromatic heterocycles. The molecule has 0 radical (unpaired) electrons. The summed E-state index contributed by atoms with van der Waals surface area (Å²) in [6.45, 7) is 1.34. The number of nitrogens with zero attached hydrogens (tertiary/aromatic N) is 2. The third-order valence-electron chi connectivity index (χ3n) is 1.86. The maximum absolute atomic E-state index is 13.1. The first-order valence-corrected chi connectivity index (χ1v) is 3.86. The molecule has 5 heteroatoms. The van der Waals surface area contributed by atoms with Gasteiger partial charge < -0.3 is 0 Å². The van der Waals surface area contributed by atoms with E-state index in [1.807, 2.05) is 6.07 Å². The van der Waals surface area contributed by atoms with Gasteiger partial charge in [-0.15, -0.1) is 0 Å². The summed E-state index contributed by atoms with van der Waals surface area (Å²) in [7, 11) is 0. The van der Waals surface area contributed by atoms with Crippen molar-refractivity contribution in [2.24, 2.45) is 0 Å². The van der Waals surface area contributed by atoms with Crippen molar-refractivity contribution in [2.75, 3.05) is 0 Å². The van der Waals surface area contributed by atoms with Gasteiger partial charge in [0, 0.05) is 6.07 Å². The Kier molecular flexibility index (Phi) is 2.77. The van der Waals surface area contributed by atoms with Crippen LogP contribution in [-0.2, 0) is 6.42 Å². The number of hydrogen-bond acceptors (Lipinski definition) is 3. The summed E-state index contributed by atoms with van der Waals surface area (Å²) < 4.78 is 13.1. The Balaban J connectivity index is 3.29. The molecule has 1 rings (SSSR count). The van der Waals surface area contributed by atoms with E-state index < -0.39 is 10.7 Å². The van der Waals surface area contributed by atoms with E-state index in [4.69, 9.17) is 5.26 Å². The maximum Gasteiger partial charge on any atom is 0.275 e. The van der Waals surface area contributed by atoms with Gasteiger partial charge in [-0.2, -0.15) is 5.26 Å². The van der Waals surface area contributed by atoms with Gasteiger partial charge in [-0.3, -0.25) is 10.1 Å². The number of hydrogen-bond donors (Lipinski definition) is 0. The first-order valence-electron chi connectivity index (χ1n) is 3.86. The third-order valence-corrected chi connectivity index (χ3v) is 1.86. The maximum atomic E-state index is 13.1. The van der Waals surface area contributed by atoms with Gasteiger partial charge in [0.25, 0.3) is 5.69 Å². The minimum atomic E-state index is -0.653. The average Bonchev–Trinajstić information content (AvgIpc) is 2.11. The van der Waals surface area contributed by atoms with Crippen LogP contribution in [0.5, 0.6) is 0 Å². The zero-order valence-electron chi connectivity index (χ0n) is 7.45. The van der Waals surface area contributed by atoms with E-state index in [9.17, 15) is 14.5 Å². The highest BCUT2D eigenvalue weighted by molar-refractivity contribution is 5.44. The SMILES string of the molecule is Cc1c(F)cc(CC#N)cc1[N+](=O)[O-]. The van der Waals surface area contributed by atoms with Crippen molar-refractivity contribution >= 4 is 5.69 Å². The van der Waals surface area contributed by atoms with Gasteiger partial charge in [-0.25, -0.2) is 4.39 Å². The van der Waals surface area contributed by atoms with Gasteiger partial charge >= 0.3 is 0 Å². The lowest BCUT2D eigenvalue weighted by Crippen LogP contribution is -1.97. The van der Waals surface area contributed by atoms with Crippen LogP contribution in [0, 0.1) is 34.2 Å². The number of nitriles is 1. The summed E-state index contributed by atoms with van der Waals surface area (Å²) >= 11 is 0. The minimum Gasteiger partial charge on any atom is -0.258 e. The Labute approximate surface area is 79.7 Å². The fourth-order valence-corrected chi connectivity index (χ4v) is 1.10. The van der Waals surface area contributed by atoms with E-state index in [2.05, 4.69) is 0 Å². The Morgan fingerprint density at radius 2 is 2.29 bits per heavy atom. The predicted octanol–water partition coefficient (Wildman–Crippen LogP) is 2.11. The van der Waals surface area contributed by atoms with Crippen molar-refractivity contribution < 1.29 is 9.31 Å². The van der Waals surface area contributed by atoms with Crippen LogP contribution < -0.4 is 0 Å². The van der Waals surface area contributed by atoms with Crippen LogP contribution in [0.3, 0.4) is 0 Å².